The minimum absolute atomic E-state index is 0. The third-order valence-corrected chi connectivity index (χ3v) is 14.1. The molecule has 1 N–H and O–H groups in total. The maximum Gasteiger partial charge on any atom is 0.254 e. The number of nitrogens with zero attached hydrogens (tertiary/aromatic N) is 5. The number of halogens is 3. The molecule has 0 saturated carbocycles. The average Bonchev–Trinajstić information content (AvgIpc) is 3.83. The zero-order valence-electron chi connectivity index (χ0n) is 41.8. The van der Waals surface area contributed by atoms with E-state index in [0.29, 0.717) is 16.6 Å². The Labute approximate surface area is 414 Å². The smallest absolute Gasteiger partial charge is 0.254 e. The normalized spacial score (nSPS) is 13.1. The summed E-state index contributed by atoms with van der Waals surface area (Å²) in [6.07, 6.45) is 12.6. The highest BCUT2D eigenvalue weighted by Gasteiger charge is 2.41. The predicted molar refractivity (Wildman–Crippen MR) is 279 cm³/mol. The van der Waals surface area contributed by atoms with Crippen molar-refractivity contribution in [2.24, 2.45) is 0 Å². The number of unbranched alkanes of at least 4 members (excludes halogenated alkanes) is 4. The monoisotopic (exact) mass is 951 g/mol. The molecular weight excluding hydrogens is 878 g/mol. The van der Waals surface area contributed by atoms with Crippen LogP contribution in [0, 0.1) is 11.6 Å². The summed E-state index contributed by atoms with van der Waals surface area (Å²) in [5.74, 6) is -1.04. The van der Waals surface area contributed by atoms with E-state index in [4.69, 9.17) is 10.3 Å². The minimum atomic E-state index is -0.821. The lowest BCUT2D eigenvalue weighted by molar-refractivity contribution is -0.929. The Bertz CT molecular complexity index is 2500. The van der Waals surface area contributed by atoms with Gasteiger partial charge in [-0.25, -0.2) is 13.5 Å². The lowest BCUT2D eigenvalue weighted by atomic mass is 9.77. The van der Waals surface area contributed by atoms with Gasteiger partial charge in [-0.05, 0) is 128 Å². The Morgan fingerprint density at radius 1 is 0.643 bits per heavy atom. The number of hydrogen-bond donors (Lipinski definition) is 1. The van der Waals surface area contributed by atoms with Crippen molar-refractivity contribution in [2.45, 2.75) is 110 Å². The third kappa shape index (κ3) is 12.6. The molecule has 1 aliphatic heterocycles. The zero-order valence-corrected chi connectivity index (χ0v) is 41.8. The second kappa shape index (κ2) is 26.2. The predicted octanol–water partition coefficient (Wildman–Crippen LogP) is 10.6. The molecule has 70 heavy (non-hydrogen) atoms. The molecule has 7 aromatic rings. The Morgan fingerprint density at radius 2 is 1.11 bits per heavy atom. The first kappa shape index (κ1) is 53.3. The summed E-state index contributed by atoms with van der Waals surface area (Å²) >= 11 is 0. The summed E-state index contributed by atoms with van der Waals surface area (Å²) in [5, 5.41) is 12.9. The van der Waals surface area contributed by atoms with Crippen molar-refractivity contribution in [3.05, 3.63) is 191 Å². The summed E-state index contributed by atoms with van der Waals surface area (Å²) in [6.45, 7) is 16.6. The van der Waals surface area contributed by atoms with Gasteiger partial charge >= 0.3 is 0 Å². The van der Waals surface area contributed by atoms with Crippen molar-refractivity contribution in [3.8, 4) is 11.1 Å². The van der Waals surface area contributed by atoms with Gasteiger partial charge in [-0.3, -0.25) is 4.79 Å². The van der Waals surface area contributed by atoms with E-state index in [1.165, 1.54) is 112 Å². The van der Waals surface area contributed by atoms with Crippen LogP contribution in [0.2, 0.25) is 0 Å². The van der Waals surface area contributed by atoms with Gasteiger partial charge < -0.3 is 19.4 Å². The van der Waals surface area contributed by atoms with Gasteiger partial charge in [-0.2, -0.15) is 0 Å². The Balaban J connectivity index is 0.000000384. The highest BCUT2D eigenvalue weighted by atomic mass is 19.1. The molecule has 0 aliphatic carbocycles. The Hall–Kier alpha value is -6.10. The molecule has 0 spiro atoms. The van der Waals surface area contributed by atoms with Crippen molar-refractivity contribution in [3.63, 3.8) is 0 Å². The van der Waals surface area contributed by atoms with E-state index in [1.54, 1.807) is 11.0 Å². The average molecular weight is 951 g/mol. The van der Waals surface area contributed by atoms with E-state index in [0.717, 1.165) is 59.3 Å². The first-order chi connectivity index (χ1) is 33.8. The molecule has 7 nitrogen and oxygen atoms in total. The summed E-state index contributed by atoms with van der Waals surface area (Å²) < 4.78 is 32.7. The number of nitrogens with one attached hydrogen (secondary N) is 1. The van der Waals surface area contributed by atoms with Gasteiger partial charge in [0.05, 0.1) is 31.7 Å². The van der Waals surface area contributed by atoms with Crippen molar-refractivity contribution in [2.75, 3.05) is 39.3 Å². The number of aromatic nitrogens is 3. The Kier molecular flexibility index (Phi) is 19.9. The molecule has 1 saturated heterocycles. The summed E-state index contributed by atoms with van der Waals surface area (Å²) in [7, 11) is 0. The summed E-state index contributed by atoms with van der Waals surface area (Å²) in [6, 6.07) is 47.5. The molecule has 1 amide bonds. The number of fused-ring (bicyclic) bond motifs is 1. The second-order valence-corrected chi connectivity index (χ2v) is 18.9. The van der Waals surface area contributed by atoms with Crippen LogP contribution in [-0.2, 0) is 12.1 Å². The van der Waals surface area contributed by atoms with E-state index >= 15 is 4.39 Å². The van der Waals surface area contributed by atoms with Gasteiger partial charge in [-0.1, -0.05) is 162 Å². The van der Waals surface area contributed by atoms with Crippen molar-refractivity contribution in [1.82, 2.24) is 25.2 Å². The van der Waals surface area contributed by atoms with E-state index in [9.17, 15) is 9.18 Å². The van der Waals surface area contributed by atoms with Crippen molar-refractivity contribution < 1.29 is 22.8 Å². The van der Waals surface area contributed by atoms with Gasteiger partial charge in [0.25, 0.3) is 5.91 Å². The quantitative estimate of drug-likeness (QED) is 0.0576. The lowest BCUT2D eigenvalue weighted by Crippen LogP contribution is -3.00. The van der Waals surface area contributed by atoms with Crippen LogP contribution in [0.15, 0.2) is 152 Å². The van der Waals surface area contributed by atoms with Crippen LogP contribution in [0.1, 0.15) is 125 Å². The minimum Gasteiger partial charge on any atom is -1.00 e. The molecule has 1 fully saturated rings. The molecule has 10 heteroatoms. The van der Waals surface area contributed by atoms with Crippen LogP contribution in [0.3, 0.4) is 0 Å². The van der Waals surface area contributed by atoms with Gasteiger partial charge in [-0.15, -0.1) is 5.10 Å². The molecule has 0 unspecified atom stereocenters. The van der Waals surface area contributed by atoms with Crippen LogP contribution >= 0.6 is 0 Å². The highest BCUT2D eigenvalue weighted by Crippen LogP contribution is 2.42. The molecule has 370 valence electrons. The van der Waals surface area contributed by atoms with Gasteiger partial charge in [0.15, 0.2) is 0 Å². The molecule has 2 heterocycles. The third-order valence-electron chi connectivity index (χ3n) is 14.1. The molecular formula is C60H73F3N6O. The summed E-state index contributed by atoms with van der Waals surface area (Å²) in [4.78, 5) is 15.5. The first-order valence-corrected chi connectivity index (χ1v) is 25.7. The van der Waals surface area contributed by atoms with Crippen molar-refractivity contribution in [1.29, 1.82) is 0 Å². The van der Waals surface area contributed by atoms with Gasteiger partial charge in [0, 0.05) is 23.7 Å². The van der Waals surface area contributed by atoms with Crippen LogP contribution in [0.25, 0.3) is 22.2 Å². The SMILES string of the molecule is CCCC[N+](CCCC)(CCCC)CCCC.O=C(c1ccc(F)cc1)N(Cc1cc(-c2ccc3c(c2)nnn3C(c2ccccc2)(c2ccccc2)c2ccccc2)ccc1F)C1CCNCC1.[F-]. The maximum atomic E-state index is 15.6. The molecule has 0 radical (unpaired) electrons. The van der Waals surface area contributed by atoms with Gasteiger partial charge in [0.1, 0.15) is 22.7 Å². The zero-order chi connectivity index (χ0) is 48.5. The van der Waals surface area contributed by atoms with E-state index in [1.807, 2.05) is 83.5 Å². The van der Waals surface area contributed by atoms with Crippen molar-refractivity contribution >= 4 is 16.9 Å². The number of amides is 1. The summed E-state index contributed by atoms with van der Waals surface area (Å²) in [5.41, 5.74) is 6.27. The number of hydrogen-bond acceptors (Lipinski definition) is 4. The fourth-order valence-electron chi connectivity index (χ4n) is 10.2. The molecule has 0 atom stereocenters. The fourth-order valence-corrected chi connectivity index (χ4v) is 10.2. The van der Waals surface area contributed by atoms with Crippen LogP contribution in [0.4, 0.5) is 8.78 Å². The number of benzene rings is 6. The van der Waals surface area contributed by atoms with E-state index in [2.05, 4.69) is 69.4 Å². The molecule has 8 rings (SSSR count). The molecule has 6 aromatic carbocycles. The lowest BCUT2D eigenvalue weighted by Gasteiger charge is -2.39. The number of carbonyl (C=O) groups is 1. The van der Waals surface area contributed by atoms with E-state index < -0.39 is 11.4 Å². The molecule has 1 aliphatic rings. The molecule has 1 aromatic heterocycles. The topological polar surface area (TPSA) is 63.1 Å². The number of piperidine rings is 1. The van der Waals surface area contributed by atoms with Crippen LogP contribution in [-0.4, -0.2) is 75.6 Å². The van der Waals surface area contributed by atoms with E-state index in [-0.39, 0.29) is 29.0 Å². The number of rotatable bonds is 21. The second-order valence-electron chi connectivity index (χ2n) is 18.9. The maximum absolute atomic E-state index is 15.6. The highest BCUT2D eigenvalue weighted by molar-refractivity contribution is 5.94. The number of quaternary nitrogens is 1. The number of carbonyl (C=O) groups excluding carboxylic acids is 1. The Morgan fingerprint density at radius 3 is 1.60 bits per heavy atom. The standard InChI is InChI=1S/C44H37F2N5O.C16H36N.FH/c45-38-20-16-31(17-21-38)43(52)50(39-24-26-47-27-25-39)30-34-28-32(18-22-40(34)46)33-19-23-42-41(29-33)48-49-51(42)44(35-10-4-1-5-11-35,36-12-6-2-7-13-36)37-14-8-3-9-15-37;1-5-9-13-17(14-10-6-2,15-11-7-3)16-12-8-4;/h1-23,28-29,39,47H,24-27,30H2;5-16H2,1-4H3;1H/q;+1;/p-1. The molecule has 0 bridgehead atoms. The fraction of sp³-hybridized carbons (Fsp3) is 0.383. The largest absolute Gasteiger partial charge is 1.00 e. The van der Waals surface area contributed by atoms with Crippen LogP contribution < -0.4 is 10.0 Å². The van der Waals surface area contributed by atoms with Crippen LogP contribution in [0.5, 0.6) is 0 Å². The first-order valence-electron chi connectivity index (χ1n) is 25.7. The van der Waals surface area contributed by atoms with Gasteiger partial charge in [0.2, 0.25) is 0 Å².